The summed E-state index contributed by atoms with van der Waals surface area (Å²) in [5.74, 6) is 0. The van der Waals surface area contributed by atoms with E-state index in [1.807, 2.05) is 24.3 Å². The molecule has 5 heteroatoms. The molecule has 3 aromatic rings. The number of alkyl halides is 3. The van der Waals surface area contributed by atoms with Crippen molar-refractivity contribution in [3.63, 3.8) is 0 Å². The predicted octanol–water partition coefficient (Wildman–Crippen LogP) is 6.53. The van der Waals surface area contributed by atoms with Gasteiger partial charge in [-0.05, 0) is 52.9 Å². The van der Waals surface area contributed by atoms with Gasteiger partial charge in [-0.2, -0.15) is 13.2 Å². The van der Waals surface area contributed by atoms with Crippen LogP contribution < -0.4 is 5.32 Å². The summed E-state index contributed by atoms with van der Waals surface area (Å²) in [5, 5.41) is 3.51. The molecule has 0 aliphatic carbocycles. The Balaban J connectivity index is 1.69. The molecule has 3 aromatic carbocycles. The molecule has 0 fully saturated rings. The Morgan fingerprint density at radius 3 is 2.39 bits per heavy atom. The largest absolute Gasteiger partial charge is 0.416 e. The second-order valence-corrected chi connectivity index (χ2v) is 7.85. The van der Waals surface area contributed by atoms with Gasteiger partial charge >= 0.3 is 6.18 Å². The third-order valence-electron chi connectivity index (χ3n) is 5.67. The highest BCUT2D eigenvalue weighted by molar-refractivity contribution is 5.79. The SMILES string of the molecule is C=CCN1CCc2cc(NCc3ccccc3)c(-c3ccc(C(F)(F)F)cc3)cc2C1. The Morgan fingerprint density at radius 2 is 1.71 bits per heavy atom. The number of hydrogen-bond donors (Lipinski definition) is 1. The maximum absolute atomic E-state index is 13.0. The van der Waals surface area contributed by atoms with E-state index in [2.05, 4.69) is 41.1 Å². The summed E-state index contributed by atoms with van der Waals surface area (Å²) in [4.78, 5) is 2.32. The average Bonchev–Trinajstić information content (AvgIpc) is 2.77. The standard InChI is InChI=1S/C26H25F3N2/c1-2-13-31-14-12-21-16-25(30-17-19-6-4-3-5-7-19)24(15-22(21)18-31)20-8-10-23(11-9-20)26(27,28)29/h2-11,15-16,30H,1,12-14,17-18H2. The monoisotopic (exact) mass is 422 g/mol. The Kier molecular flexibility index (Phi) is 6.14. The zero-order valence-corrected chi connectivity index (χ0v) is 17.3. The second kappa shape index (κ2) is 8.98. The van der Waals surface area contributed by atoms with Crippen LogP contribution in [0, 0.1) is 0 Å². The molecular weight excluding hydrogens is 397 g/mol. The van der Waals surface area contributed by atoms with Crippen molar-refractivity contribution in [2.24, 2.45) is 0 Å². The summed E-state index contributed by atoms with van der Waals surface area (Å²) in [6.45, 7) is 7.08. The Bertz CT molecular complexity index is 1040. The molecule has 1 aliphatic rings. The number of fused-ring (bicyclic) bond motifs is 1. The Labute approximate surface area is 181 Å². The fourth-order valence-corrected chi connectivity index (χ4v) is 4.02. The van der Waals surface area contributed by atoms with Crippen LogP contribution >= 0.6 is 0 Å². The molecule has 1 aliphatic heterocycles. The van der Waals surface area contributed by atoms with Gasteiger partial charge in [0.15, 0.2) is 0 Å². The van der Waals surface area contributed by atoms with Gasteiger partial charge in [-0.1, -0.05) is 48.5 Å². The molecule has 0 radical (unpaired) electrons. The van der Waals surface area contributed by atoms with Crippen LogP contribution in [0.2, 0.25) is 0 Å². The van der Waals surface area contributed by atoms with Crippen LogP contribution in [-0.2, 0) is 25.7 Å². The van der Waals surface area contributed by atoms with Crippen molar-refractivity contribution in [1.29, 1.82) is 0 Å². The van der Waals surface area contributed by atoms with Crippen molar-refractivity contribution in [2.45, 2.75) is 25.7 Å². The lowest BCUT2D eigenvalue weighted by atomic mass is 9.92. The lowest BCUT2D eigenvalue weighted by molar-refractivity contribution is -0.137. The maximum Gasteiger partial charge on any atom is 0.416 e. The molecule has 1 N–H and O–H groups in total. The Morgan fingerprint density at radius 1 is 0.968 bits per heavy atom. The van der Waals surface area contributed by atoms with E-state index in [0.717, 1.165) is 60.6 Å². The molecule has 31 heavy (non-hydrogen) atoms. The molecule has 0 bridgehead atoms. The zero-order valence-electron chi connectivity index (χ0n) is 17.3. The van der Waals surface area contributed by atoms with Crippen molar-refractivity contribution < 1.29 is 13.2 Å². The first kappa shape index (κ1) is 21.2. The van der Waals surface area contributed by atoms with Crippen molar-refractivity contribution in [3.05, 3.63) is 102 Å². The van der Waals surface area contributed by atoms with Gasteiger partial charge in [-0.3, -0.25) is 4.90 Å². The molecule has 0 saturated carbocycles. The van der Waals surface area contributed by atoms with Crippen molar-refractivity contribution in [2.75, 3.05) is 18.4 Å². The maximum atomic E-state index is 13.0. The first-order valence-electron chi connectivity index (χ1n) is 10.4. The van der Waals surface area contributed by atoms with Gasteiger partial charge in [-0.15, -0.1) is 6.58 Å². The van der Waals surface area contributed by atoms with Crippen molar-refractivity contribution in [3.8, 4) is 11.1 Å². The predicted molar refractivity (Wildman–Crippen MR) is 120 cm³/mol. The first-order valence-corrected chi connectivity index (χ1v) is 10.4. The van der Waals surface area contributed by atoms with E-state index in [9.17, 15) is 13.2 Å². The van der Waals surface area contributed by atoms with E-state index in [0.29, 0.717) is 6.54 Å². The van der Waals surface area contributed by atoms with Gasteiger partial charge in [0.1, 0.15) is 0 Å². The smallest absolute Gasteiger partial charge is 0.380 e. The summed E-state index contributed by atoms with van der Waals surface area (Å²) in [7, 11) is 0. The fourth-order valence-electron chi connectivity index (χ4n) is 4.02. The second-order valence-electron chi connectivity index (χ2n) is 7.85. The lowest BCUT2D eigenvalue weighted by Gasteiger charge is -2.29. The van der Waals surface area contributed by atoms with Gasteiger partial charge in [0, 0.05) is 37.4 Å². The van der Waals surface area contributed by atoms with Gasteiger partial charge < -0.3 is 5.32 Å². The summed E-state index contributed by atoms with van der Waals surface area (Å²) in [5.41, 5.74) is 5.65. The van der Waals surface area contributed by atoms with Gasteiger partial charge in [0.25, 0.3) is 0 Å². The van der Waals surface area contributed by atoms with Crippen molar-refractivity contribution >= 4 is 5.69 Å². The highest BCUT2D eigenvalue weighted by Gasteiger charge is 2.30. The third-order valence-corrected chi connectivity index (χ3v) is 5.67. The summed E-state index contributed by atoms with van der Waals surface area (Å²) >= 11 is 0. The fraction of sp³-hybridized carbons (Fsp3) is 0.231. The summed E-state index contributed by atoms with van der Waals surface area (Å²) in [6.07, 6.45) is -1.50. The minimum atomic E-state index is -4.34. The molecule has 1 heterocycles. The highest BCUT2D eigenvalue weighted by atomic mass is 19.4. The van der Waals surface area contributed by atoms with E-state index in [4.69, 9.17) is 0 Å². The van der Waals surface area contributed by atoms with Gasteiger partial charge in [-0.25, -0.2) is 0 Å². The zero-order chi connectivity index (χ0) is 21.8. The summed E-state index contributed by atoms with van der Waals surface area (Å²) < 4.78 is 39.1. The number of halogens is 3. The minimum absolute atomic E-state index is 0.634. The quantitative estimate of drug-likeness (QED) is 0.455. The van der Waals surface area contributed by atoms with Crippen LogP contribution in [0.5, 0.6) is 0 Å². The molecule has 160 valence electrons. The van der Waals surface area contributed by atoms with Crippen LogP contribution in [-0.4, -0.2) is 18.0 Å². The number of nitrogens with zero attached hydrogens (tertiary/aromatic N) is 1. The normalized spacial score (nSPS) is 14.2. The molecule has 2 nitrogen and oxygen atoms in total. The van der Waals surface area contributed by atoms with Crippen LogP contribution in [0.1, 0.15) is 22.3 Å². The molecular formula is C26H25F3N2. The van der Waals surface area contributed by atoms with Gasteiger partial charge in [0.05, 0.1) is 5.56 Å². The van der Waals surface area contributed by atoms with E-state index >= 15 is 0 Å². The number of hydrogen-bond acceptors (Lipinski definition) is 2. The Hall–Kier alpha value is -3.05. The minimum Gasteiger partial charge on any atom is -0.380 e. The van der Waals surface area contributed by atoms with Crippen LogP contribution in [0.15, 0.2) is 79.4 Å². The third kappa shape index (κ3) is 5.00. The van der Waals surface area contributed by atoms with E-state index in [1.165, 1.54) is 11.1 Å². The number of anilines is 1. The van der Waals surface area contributed by atoms with Crippen LogP contribution in [0.4, 0.5) is 18.9 Å². The molecule has 0 amide bonds. The van der Waals surface area contributed by atoms with Crippen LogP contribution in [0.3, 0.4) is 0 Å². The molecule has 0 saturated heterocycles. The highest BCUT2D eigenvalue weighted by Crippen LogP contribution is 2.36. The molecule has 0 unspecified atom stereocenters. The van der Waals surface area contributed by atoms with Crippen molar-refractivity contribution in [1.82, 2.24) is 4.90 Å². The van der Waals surface area contributed by atoms with E-state index < -0.39 is 11.7 Å². The number of rotatable bonds is 6. The first-order chi connectivity index (χ1) is 14.9. The molecule has 0 aromatic heterocycles. The average molecular weight is 422 g/mol. The topological polar surface area (TPSA) is 15.3 Å². The number of benzene rings is 3. The number of nitrogens with one attached hydrogen (secondary N) is 1. The lowest BCUT2D eigenvalue weighted by Crippen LogP contribution is -2.30. The van der Waals surface area contributed by atoms with Gasteiger partial charge in [0.2, 0.25) is 0 Å². The van der Waals surface area contributed by atoms with E-state index in [1.54, 1.807) is 12.1 Å². The van der Waals surface area contributed by atoms with E-state index in [-0.39, 0.29) is 0 Å². The summed E-state index contributed by atoms with van der Waals surface area (Å²) in [6, 6.07) is 19.8. The molecule has 4 rings (SSSR count). The van der Waals surface area contributed by atoms with Crippen LogP contribution in [0.25, 0.3) is 11.1 Å². The molecule has 0 atom stereocenters. The molecule has 0 spiro atoms.